The summed E-state index contributed by atoms with van der Waals surface area (Å²) in [7, 11) is 1.74. The van der Waals surface area contributed by atoms with Crippen molar-refractivity contribution in [2.45, 2.75) is 57.2 Å². The quantitative estimate of drug-likeness (QED) is 0.837. The SMILES string of the molecule is CO[C@H]1[C@@H](O)C[C@H]2[C@@H]3CCc4cc(O)ccc4[C@H]3CC[C@@]21C. The van der Waals surface area contributed by atoms with Gasteiger partial charge in [-0.1, -0.05) is 13.0 Å². The van der Waals surface area contributed by atoms with Gasteiger partial charge in [-0.25, -0.2) is 0 Å². The molecule has 0 aliphatic heterocycles. The van der Waals surface area contributed by atoms with E-state index < -0.39 is 0 Å². The molecule has 3 heteroatoms. The minimum atomic E-state index is -0.319. The number of ether oxygens (including phenoxy) is 1. The Bertz CT molecular complexity index is 584. The fourth-order valence-corrected chi connectivity index (χ4v) is 5.96. The highest BCUT2D eigenvalue weighted by Crippen LogP contribution is 2.61. The lowest BCUT2D eigenvalue weighted by molar-refractivity contribution is -0.0741. The zero-order chi connectivity index (χ0) is 15.5. The van der Waals surface area contributed by atoms with Crippen molar-refractivity contribution in [3.05, 3.63) is 29.3 Å². The number of hydrogen-bond acceptors (Lipinski definition) is 3. The summed E-state index contributed by atoms with van der Waals surface area (Å²) in [6, 6.07) is 5.90. The molecule has 0 spiro atoms. The summed E-state index contributed by atoms with van der Waals surface area (Å²) >= 11 is 0. The molecule has 6 atom stereocenters. The molecule has 2 saturated carbocycles. The Morgan fingerprint density at radius 3 is 2.86 bits per heavy atom. The van der Waals surface area contributed by atoms with Gasteiger partial charge in [0.15, 0.2) is 0 Å². The van der Waals surface area contributed by atoms with Crippen LogP contribution in [0.1, 0.15) is 49.7 Å². The van der Waals surface area contributed by atoms with E-state index in [-0.39, 0.29) is 17.6 Å². The fraction of sp³-hybridized carbons (Fsp3) is 0.684. The van der Waals surface area contributed by atoms with Crippen LogP contribution in [-0.2, 0) is 11.2 Å². The zero-order valence-electron chi connectivity index (χ0n) is 13.5. The van der Waals surface area contributed by atoms with Gasteiger partial charge in [0.25, 0.3) is 0 Å². The van der Waals surface area contributed by atoms with Gasteiger partial charge in [-0.3, -0.25) is 0 Å². The zero-order valence-corrected chi connectivity index (χ0v) is 13.5. The smallest absolute Gasteiger partial charge is 0.115 e. The molecule has 0 radical (unpaired) electrons. The Morgan fingerprint density at radius 2 is 2.09 bits per heavy atom. The van der Waals surface area contributed by atoms with Gasteiger partial charge in [-0.05, 0) is 78.5 Å². The van der Waals surface area contributed by atoms with Gasteiger partial charge in [0.1, 0.15) is 5.75 Å². The van der Waals surface area contributed by atoms with Crippen LogP contribution >= 0.6 is 0 Å². The van der Waals surface area contributed by atoms with E-state index in [1.807, 2.05) is 12.1 Å². The molecule has 3 aliphatic rings. The van der Waals surface area contributed by atoms with Gasteiger partial charge in [-0.15, -0.1) is 0 Å². The molecule has 1 aromatic carbocycles. The Kier molecular flexibility index (Phi) is 3.28. The second-order valence-corrected chi connectivity index (χ2v) is 7.80. The monoisotopic (exact) mass is 302 g/mol. The molecular formula is C19H26O3. The highest BCUT2D eigenvalue weighted by molar-refractivity contribution is 5.40. The van der Waals surface area contributed by atoms with E-state index in [4.69, 9.17) is 4.74 Å². The molecule has 22 heavy (non-hydrogen) atoms. The molecule has 0 heterocycles. The molecule has 0 unspecified atom stereocenters. The molecule has 2 N–H and O–H groups in total. The first-order valence-electron chi connectivity index (χ1n) is 8.57. The van der Waals surface area contributed by atoms with Crippen molar-refractivity contribution in [2.75, 3.05) is 7.11 Å². The van der Waals surface area contributed by atoms with Crippen LogP contribution in [0.3, 0.4) is 0 Å². The van der Waals surface area contributed by atoms with Crippen molar-refractivity contribution in [3.8, 4) is 5.75 Å². The van der Waals surface area contributed by atoms with E-state index in [1.54, 1.807) is 7.11 Å². The standard InChI is InChI=1S/C19H26O3/c1-19-8-7-14-13-6-4-12(20)9-11(13)3-5-15(14)16(19)10-17(21)18(19)22-2/h4,6,9,14-18,20-21H,3,5,7-8,10H2,1-2H3/t14-,15-,16+,17+,18+,19+/m1/s1. The Balaban J connectivity index is 1.69. The highest BCUT2D eigenvalue weighted by atomic mass is 16.5. The number of hydrogen-bond donors (Lipinski definition) is 2. The number of benzene rings is 1. The van der Waals surface area contributed by atoms with Crippen molar-refractivity contribution < 1.29 is 14.9 Å². The number of aliphatic hydroxyl groups is 1. The van der Waals surface area contributed by atoms with E-state index in [2.05, 4.69) is 13.0 Å². The molecule has 1 aromatic rings. The minimum absolute atomic E-state index is 0.0142. The summed E-state index contributed by atoms with van der Waals surface area (Å²) in [5.74, 6) is 2.16. The van der Waals surface area contributed by atoms with Crippen molar-refractivity contribution in [3.63, 3.8) is 0 Å². The van der Waals surface area contributed by atoms with Gasteiger partial charge in [-0.2, -0.15) is 0 Å². The third-order valence-electron chi connectivity index (χ3n) is 6.90. The molecule has 0 aromatic heterocycles. The van der Waals surface area contributed by atoms with Crippen LogP contribution in [0.4, 0.5) is 0 Å². The fourth-order valence-electron chi connectivity index (χ4n) is 5.96. The number of aromatic hydroxyl groups is 1. The number of methoxy groups -OCH3 is 1. The van der Waals surface area contributed by atoms with E-state index in [9.17, 15) is 10.2 Å². The van der Waals surface area contributed by atoms with Gasteiger partial charge < -0.3 is 14.9 Å². The van der Waals surface area contributed by atoms with Crippen molar-refractivity contribution >= 4 is 0 Å². The average molecular weight is 302 g/mol. The van der Waals surface area contributed by atoms with Crippen LogP contribution in [0.2, 0.25) is 0 Å². The third-order valence-corrected chi connectivity index (χ3v) is 6.90. The Hall–Kier alpha value is -1.06. The van der Waals surface area contributed by atoms with E-state index in [0.29, 0.717) is 23.5 Å². The predicted molar refractivity (Wildman–Crippen MR) is 84.9 cm³/mol. The van der Waals surface area contributed by atoms with Crippen LogP contribution in [0.25, 0.3) is 0 Å². The second kappa shape index (κ2) is 4.97. The summed E-state index contributed by atoms with van der Waals surface area (Å²) in [6.07, 6.45) is 5.05. The number of aryl methyl sites for hydroxylation is 1. The molecule has 3 nitrogen and oxygen atoms in total. The molecule has 0 amide bonds. The lowest BCUT2D eigenvalue weighted by atomic mass is 9.55. The first-order valence-corrected chi connectivity index (χ1v) is 8.57. The first-order chi connectivity index (χ1) is 10.5. The number of rotatable bonds is 1. The molecule has 0 bridgehead atoms. The molecule has 0 saturated heterocycles. The normalized spacial score (nSPS) is 43.3. The highest BCUT2D eigenvalue weighted by Gasteiger charge is 2.58. The van der Waals surface area contributed by atoms with E-state index in [0.717, 1.165) is 19.3 Å². The van der Waals surface area contributed by atoms with Gasteiger partial charge in [0, 0.05) is 7.11 Å². The number of fused-ring (bicyclic) bond motifs is 5. The maximum absolute atomic E-state index is 10.4. The first kappa shape index (κ1) is 14.5. The average Bonchev–Trinajstić information content (AvgIpc) is 2.76. The molecule has 2 fully saturated rings. The van der Waals surface area contributed by atoms with Gasteiger partial charge in [0.05, 0.1) is 12.2 Å². The van der Waals surface area contributed by atoms with Crippen molar-refractivity contribution in [1.29, 1.82) is 0 Å². The lowest BCUT2D eigenvalue weighted by Gasteiger charge is -2.50. The predicted octanol–water partition coefficient (Wildman–Crippen LogP) is 3.23. The maximum atomic E-state index is 10.4. The van der Waals surface area contributed by atoms with Crippen LogP contribution in [0.15, 0.2) is 18.2 Å². The molecular weight excluding hydrogens is 276 g/mol. The van der Waals surface area contributed by atoms with Crippen molar-refractivity contribution in [2.24, 2.45) is 17.3 Å². The van der Waals surface area contributed by atoms with E-state index in [1.165, 1.54) is 24.0 Å². The molecule has 120 valence electrons. The summed E-state index contributed by atoms with van der Waals surface area (Å²) in [6.45, 7) is 2.32. The Morgan fingerprint density at radius 1 is 1.27 bits per heavy atom. The summed E-state index contributed by atoms with van der Waals surface area (Å²) in [5, 5.41) is 20.2. The van der Waals surface area contributed by atoms with Crippen molar-refractivity contribution in [1.82, 2.24) is 0 Å². The maximum Gasteiger partial charge on any atom is 0.115 e. The number of aliphatic hydroxyl groups excluding tert-OH is 1. The topological polar surface area (TPSA) is 49.7 Å². The van der Waals surface area contributed by atoms with Crippen LogP contribution in [-0.4, -0.2) is 29.5 Å². The lowest BCUT2D eigenvalue weighted by Crippen LogP contribution is -2.45. The van der Waals surface area contributed by atoms with Gasteiger partial charge in [0.2, 0.25) is 0 Å². The largest absolute Gasteiger partial charge is 0.508 e. The Labute approximate surface area is 132 Å². The number of phenols is 1. The summed E-state index contributed by atoms with van der Waals surface area (Å²) in [5.41, 5.74) is 2.88. The second-order valence-electron chi connectivity index (χ2n) is 7.80. The summed E-state index contributed by atoms with van der Waals surface area (Å²) in [4.78, 5) is 0. The van der Waals surface area contributed by atoms with Gasteiger partial charge >= 0.3 is 0 Å². The van der Waals surface area contributed by atoms with E-state index >= 15 is 0 Å². The third kappa shape index (κ3) is 1.88. The summed E-state index contributed by atoms with van der Waals surface area (Å²) < 4.78 is 5.68. The molecule has 4 rings (SSSR count). The number of phenolic OH excluding ortho intramolecular Hbond substituents is 1. The van der Waals surface area contributed by atoms with Crippen LogP contribution in [0, 0.1) is 17.3 Å². The van der Waals surface area contributed by atoms with Crippen LogP contribution < -0.4 is 0 Å². The molecule has 3 aliphatic carbocycles. The van der Waals surface area contributed by atoms with Crippen LogP contribution in [0.5, 0.6) is 5.75 Å². The minimum Gasteiger partial charge on any atom is -0.508 e.